The van der Waals surface area contributed by atoms with Crippen LogP contribution in [0.15, 0.2) is 24.3 Å². The number of para-hydroxylation sites is 1. The molecular formula is C16H22ClN3O3S. The minimum atomic E-state index is -2.96. The molecule has 2 aliphatic heterocycles. The van der Waals surface area contributed by atoms with Crippen molar-refractivity contribution in [3.05, 3.63) is 29.3 Å². The summed E-state index contributed by atoms with van der Waals surface area (Å²) >= 11 is 6.23. The Morgan fingerprint density at radius 3 is 2.54 bits per heavy atom. The summed E-state index contributed by atoms with van der Waals surface area (Å²) in [4.78, 5) is 16.4. The molecule has 1 aromatic rings. The second-order valence-electron chi connectivity index (χ2n) is 6.38. The van der Waals surface area contributed by atoms with Crippen LogP contribution in [0.5, 0.6) is 0 Å². The Morgan fingerprint density at radius 1 is 1.21 bits per heavy atom. The molecule has 3 rings (SSSR count). The van der Waals surface area contributed by atoms with E-state index in [1.54, 1.807) is 0 Å². The maximum atomic E-state index is 12.1. The number of rotatable bonds is 4. The van der Waals surface area contributed by atoms with E-state index in [9.17, 15) is 13.2 Å². The zero-order valence-corrected chi connectivity index (χ0v) is 15.0. The van der Waals surface area contributed by atoms with Crippen molar-refractivity contribution in [1.29, 1.82) is 0 Å². The number of nitrogens with one attached hydrogen (secondary N) is 1. The Morgan fingerprint density at radius 2 is 1.92 bits per heavy atom. The Kier molecular flexibility index (Phi) is 5.32. The Bertz CT molecular complexity index is 702. The first kappa shape index (κ1) is 17.5. The van der Waals surface area contributed by atoms with Gasteiger partial charge in [-0.15, -0.1) is 0 Å². The Balaban J connectivity index is 1.45. The molecule has 6 nitrogen and oxygen atoms in total. The number of hydrogen-bond acceptors (Lipinski definition) is 5. The van der Waals surface area contributed by atoms with Gasteiger partial charge in [0.1, 0.15) is 0 Å². The largest absolute Gasteiger partial charge is 0.368 e. The van der Waals surface area contributed by atoms with Crippen molar-refractivity contribution in [2.45, 2.75) is 12.5 Å². The van der Waals surface area contributed by atoms with Gasteiger partial charge in [-0.05, 0) is 18.6 Å². The summed E-state index contributed by atoms with van der Waals surface area (Å²) in [6.07, 6.45) is 0.522. The van der Waals surface area contributed by atoms with Crippen LogP contribution in [-0.4, -0.2) is 69.5 Å². The maximum absolute atomic E-state index is 12.1. The first-order valence-electron chi connectivity index (χ1n) is 8.14. The van der Waals surface area contributed by atoms with Gasteiger partial charge < -0.3 is 10.2 Å². The second kappa shape index (κ2) is 7.29. The normalized spacial score (nSPS) is 24.0. The predicted molar refractivity (Wildman–Crippen MR) is 95.3 cm³/mol. The lowest BCUT2D eigenvalue weighted by atomic mass is 10.2. The molecule has 0 bridgehead atoms. The molecule has 132 valence electrons. The van der Waals surface area contributed by atoms with Crippen molar-refractivity contribution in [1.82, 2.24) is 10.2 Å². The number of carbonyl (C=O) groups excluding carboxylic acids is 1. The number of sulfone groups is 1. The summed E-state index contributed by atoms with van der Waals surface area (Å²) in [7, 11) is -2.96. The number of anilines is 1. The zero-order valence-electron chi connectivity index (χ0n) is 13.4. The molecule has 1 N–H and O–H groups in total. The second-order valence-corrected chi connectivity index (χ2v) is 9.02. The van der Waals surface area contributed by atoms with E-state index in [2.05, 4.69) is 15.1 Å². The van der Waals surface area contributed by atoms with Gasteiger partial charge in [0, 0.05) is 32.2 Å². The highest BCUT2D eigenvalue weighted by Crippen LogP contribution is 2.25. The first-order valence-corrected chi connectivity index (χ1v) is 10.3. The lowest BCUT2D eigenvalue weighted by molar-refractivity contribution is -0.122. The van der Waals surface area contributed by atoms with Crippen LogP contribution < -0.4 is 10.2 Å². The van der Waals surface area contributed by atoms with Crippen molar-refractivity contribution in [3.8, 4) is 0 Å². The molecule has 0 saturated carbocycles. The fraction of sp³-hybridized carbons (Fsp3) is 0.562. The monoisotopic (exact) mass is 371 g/mol. The average molecular weight is 372 g/mol. The summed E-state index contributed by atoms with van der Waals surface area (Å²) in [5.41, 5.74) is 1.03. The third-order valence-electron chi connectivity index (χ3n) is 4.53. The van der Waals surface area contributed by atoms with Crippen molar-refractivity contribution in [2.75, 3.05) is 49.1 Å². The lowest BCUT2D eigenvalue weighted by Crippen LogP contribution is -2.50. The number of amides is 1. The number of piperazine rings is 1. The molecule has 0 aromatic heterocycles. The molecule has 1 amide bonds. The van der Waals surface area contributed by atoms with Gasteiger partial charge in [-0.3, -0.25) is 9.69 Å². The van der Waals surface area contributed by atoms with Crippen LogP contribution in [0.2, 0.25) is 5.02 Å². The van der Waals surface area contributed by atoms with Crippen LogP contribution >= 0.6 is 11.6 Å². The van der Waals surface area contributed by atoms with Gasteiger partial charge in [-0.25, -0.2) is 8.42 Å². The molecule has 0 aliphatic carbocycles. The quantitative estimate of drug-likeness (QED) is 0.846. The van der Waals surface area contributed by atoms with E-state index in [1.165, 1.54) is 0 Å². The van der Waals surface area contributed by atoms with Crippen LogP contribution in [0.1, 0.15) is 6.42 Å². The highest BCUT2D eigenvalue weighted by atomic mass is 35.5. The molecule has 0 radical (unpaired) electrons. The smallest absolute Gasteiger partial charge is 0.234 e. The number of halogens is 1. The molecule has 2 saturated heterocycles. The van der Waals surface area contributed by atoms with Gasteiger partial charge in [-0.1, -0.05) is 23.7 Å². The zero-order chi connectivity index (χ0) is 17.2. The van der Waals surface area contributed by atoms with Crippen molar-refractivity contribution in [3.63, 3.8) is 0 Å². The summed E-state index contributed by atoms with van der Waals surface area (Å²) < 4.78 is 22.9. The summed E-state index contributed by atoms with van der Waals surface area (Å²) in [6, 6.07) is 7.54. The average Bonchev–Trinajstić information content (AvgIpc) is 2.87. The van der Waals surface area contributed by atoms with Crippen LogP contribution in [0.3, 0.4) is 0 Å². The number of benzene rings is 1. The molecule has 0 spiro atoms. The minimum absolute atomic E-state index is 0.0685. The van der Waals surface area contributed by atoms with Gasteiger partial charge >= 0.3 is 0 Å². The number of hydrogen-bond donors (Lipinski definition) is 1. The lowest BCUT2D eigenvalue weighted by Gasteiger charge is -2.36. The summed E-state index contributed by atoms with van der Waals surface area (Å²) in [6.45, 7) is 3.50. The van der Waals surface area contributed by atoms with Gasteiger partial charge in [0.25, 0.3) is 0 Å². The van der Waals surface area contributed by atoms with Gasteiger partial charge in [-0.2, -0.15) is 0 Å². The van der Waals surface area contributed by atoms with E-state index in [1.807, 2.05) is 24.3 Å². The molecule has 24 heavy (non-hydrogen) atoms. The summed E-state index contributed by atoms with van der Waals surface area (Å²) in [5, 5.41) is 3.58. The van der Waals surface area contributed by atoms with Crippen LogP contribution in [0, 0.1) is 0 Å². The molecule has 1 atom stereocenters. The molecule has 2 heterocycles. The van der Waals surface area contributed by atoms with E-state index in [0.29, 0.717) is 13.0 Å². The molecular weight excluding hydrogens is 350 g/mol. The standard InChI is InChI=1S/C16H22ClN3O3S/c17-14-3-1-2-4-15(14)20-8-6-19(7-9-20)11-16(21)18-13-5-10-24(22,23)12-13/h1-4,13H,5-12H2,(H,18,21). The minimum Gasteiger partial charge on any atom is -0.368 e. The highest BCUT2D eigenvalue weighted by molar-refractivity contribution is 7.91. The molecule has 2 fully saturated rings. The topological polar surface area (TPSA) is 69.7 Å². The van der Waals surface area contributed by atoms with Crippen molar-refractivity contribution in [2.24, 2.45) is 0 Å². The molecule has 8 heteroatoms. The fourth-order valence-electron chi connectivity index (χ4n) is 3.24. The van der Waals surface area contributed by atoms with Crippen LogP contribution in [0.25, 0.3) is 0 Å². The first-order chi connectivity index (χ1) is 11.4. The fourth-order valence-corrected chi connectivity index (χ4v) is 5.17. The van der Waals surface area contributed by atoms with E-state index >= 15 is 0 Å². The maximum Gasteiger partial charge on any atom is 0.234 e. The molecule has 1 unspecified atom stereocenters. The van der Waals surface area contributed by atoms with Crippen LogP contribution in [0.4, 0.5) is 5.69 Å². The van der Waals surface area contributed by atoms with E-state index in [4.69, 9.17) is 11.6 Å². The third-order valence-corrected chi connectivity index (χ3v) is 6.62. The molecule has 1 aromatic carbocycles. The van der Waals surface area contributed by atoms with E-state index in [-0.39, 0.29) is 23.5 Å². The number of carbonyl (C=O) groups is 1. The van der Waals surface area contributed by atoms with Crippen molar-refractivity contribution < 1.29 is 13.2 Å². The van der Waals surface area contributed by atoms with E-state index < -0.39 is 9.84 Å². The highest BCUT2D eigenvalue weighted by Gasteiger charge is 2.29. The van der Waals surface area contributed by atoms with Crippen molar-refractivity contribution >= 4 is 33.0 Å². The van der Waals surface area contributed by atoms with Gasteiger partial charge in [0.2, 0.25) is 5.91 Å². The number of nitrogens with zero attached hydrogens (tertiary/aromatic N) is 2. The Labute approximate surface area is 147 Å². The summed E-state index contributed by atoms with van der Waals surface area (Å²) in [5.74, 6) is 0.149. The predicted octanol–water partition coefficient (Wildman–Crippen LogP) is 0.765. The van der Waals surface area contributed by atoms with E-state index in [0.717, 1.165) is 36.9 Å². The Hall–Kier alpha value is -1.31. The van der Waals surface area contributed by atoms with Gasteiger partial charge in [0.05, 0.1) is 28.8 Å². The van der Waals surface area contributed by atoms with Crippen LogP contribution in [-0.2, 0) is 14.6 Å². The SMILES string of the molecule is O=C(CN1CCN(c2ccccc2Cl)CC1)NC1CCS(=O)(=O)C1. The van der Waals surface area contributed by atoms with Gasteiger partial charge in [0.15, 0.2) is 9.84 Å². The molecule has 2 aliphatic rings. The third kappa shape index (κ3) is 4.40.